The number of nitrogens with two attached hydrogens (primary N) is 1. The van der Waals surface area contributed by atoms with E-state index in [2.05, 4.69) is 0 Å². The van der Waals surface area contributed by atoms with E-state index in [1.807, 2.05) is 6.07 Å². The molecule has 1 fully saturated rings. The van der Waals surface area contributed by atoms with Gasteiger partial charge in [-0.15, -0.1) is 0 Å². The number of carbonyl (C=O) groups excluding carboxylic acids is 1. The van der Waals surface area contributed by atoms with Crippen molar-refractivity contribution in [3.8, 4) is 6.07 Å². The number of carbonyl (C=O) groups is 1. The van der Waals surface area contributed by atoms with Gasteiger partial charge >= 0.3 is 0 Å². The molecule has 1 amide bonds. The molecule has 2 N–H and O–H groups in total. The normalized spacial score (nSPS) is 19.3. The maximum atomic E-state index is 13.1. The van der Waals surface area contributed by atoms with Crippen LogP contribution < -0.4 is 5.73 Å². The molecule has 1 saturated heterocycles. The molecular formula is C12H12FN3O2. The van der Waals surface area contributed by atoms with Crippen molar-refractivity contribution in [2.45, 2.75) is 6.10 Å². The van der Waals surface area contributed by atoms with E-state index in [1.54, 1.807) is 0 Å². The van der Waals surface area contributed by atoms with E-state index in [0.717, 1.165) is 6.07 Å². The number of benzene rings is 1. The van der Waals surface area contributed by atoms with Gasteiger partial charge in [0.15, 0.2) is 6.10 Å². The fourth-order valence-corrected chi connectivity index (χ4v) is 1.80. The highest BCUT2D eigenvalue weighted by Crippen LogP contribution is 2.17. The molecule has 18 heavy (non-hydrogen) atoms. The van der Waals surface area contributed by atoms with Crippen LogP contribution in [-0.2, 0) is 4.74 Å². The molecule has 2 rings (SSSR count). The first-order valence-corrected chi connectivity index (χ1v) is 5.47. The molecule has 0 aliphatic carbocycles. The molecule has 0 saturated carbocycles. The molecule has 1 heterocycles. The minimum atomic E-state index is -0.641. The predicted octanol–water partition coefficient (Wildman–Crippen LogP) is 0.772. The van der Waals surface area contributed by atoms with Gasteiger partial charge in [0, 0.05) is 12.2 Å². The number of nitrogens with zero attached hydrogens (tertiary/aromatic N) is 2. The Bertz CT molecular complexity index is 513. The summed E-state index contributed by atoms with van der Waals surface area (Å²) in [4.78, 5) is 13.6. The Kier molecular flexibility index (Phi) is 3.44. The zero-order chi connectivity index (χ0) is 13.1. The maximum Gasteiger partial charge on any atom is 0.256 e. The molecule has 1 aliphatic heterocycles. The van der Waals surface area contributed by atoms with Gasteiger partial charge in [0.2, 0.25) is 0 Å². The van der Waals surface area contributed by atoms with E-state index in [9.17, 15) is 9.18 Å². The second kappa shape index (κ2) is 5.02. The van der Waals surface area contributed by atoms with Crippen molar-refractivity contribution in [1.29, 1.82) is 5.26 Å². The summed E-state index contributed by atoms with van der Waals surface area (Å²) >= 11 is 0. The number of anilines is 1. The van der Waals surface area contributed by atoms with Gasteiger partial charge in [-0.2, -0.15) is 5.26 Å². The van der Waals surface area contributed by atoms with E-state index in [0.29, 0.717) is 13.2 Å². The number of hydrogen-bond acceptors (Lipinski definition) is 4. The third-order valence-electron chi connectivity index (χ3n) is 2.74. The number of nitrogen functional groups attached to an aromatic ring is 1. The summed E-state index contributed by atoms with van der Waals surface area (Å²) in [6, 6.07) is 5.60. The quantitative estimate of drug-likeness (QED) is 0.746. The Hall–Kier alpha value is -2.13. The Labute approximate surface area is 104 Å². The highest BCUT2D eigenvalue weighted by atomic mass is 19.1. The van der Waals surface area contributed by atoms with Crippen LogP contribution in [0.3, 0.4) is 0 Å². The van der Waals surface area contributed by atoms with Gasteiger partial charge in [0.1, 0.15) is 5.82 Å². The van der Waals surface area contributed by atoms with Crippen molar-refractivity contribution >= 4 is 11.6 Å². The van der Waals surface area contributed by atoms with E-state index >= 15 is 0 Å². The lowest BCUT2D eigenvalue weighted by Crippen LogP contribution is -2.45. The number of halogens is 1. The highest BCUT2D eigenvalue weighted by molar-refractivity contribution is 5.99. The van der Waals surface area contributed by atoms with Crippen LogP contribution in [0.5, 0.6) is 0 Å². The van der Waals surface area contributed by atoms with Crippen molar-refractivity contribution < 1.29 is 13.9 Å². The van der Waals surface area contributed by atoms with Gasteiger partial charge < -0.3 is 15.4 Å². The number of rotatable bonds is 1. The van der Waals surface area contributed by atoms with Gasteiger partial charge in [-0.25, -0.2) is 4.39 Å². The Morgan fingerprint density at radius 1 is 1.61 bits per heavy atom. The van der Waals surface area contributed by atoms with E-state index in [4.69, 9.17) is 15.7 Å². The van der Waals surface area contributed by atoms with Gasteiger partial charge in [-0.3, -0.25) is 4.79 Å². The maximum absolute atomic E-state index is 13.1. The first-order chi connectivity index (χ1) is 8.61. The third kappa shape index (κ3) is 2.41. The molecule has 1 atom stereocenters. The summed E-state index contributed by atoms with van der Waals surface area (Å²) in [5, 5.41) is 8.76. The van der Waals surface area contributed by atoms with E-state index in [-0.39, 0.29) is 23.7 Å². The number of amides is 1. The first-order valence-electron chi connectivity index (χ1n) is 5.47. The Morgan fingerprint density at radius 2 is 2.39 bits per heavy atom. The minimum Gasteiger partial charge on any atom is -0.398 e. The summed E-state index contributed by atoms with van der Waals surface area (Å²) in [6.07, 6.45) is -0.641. The van der Waals surface area contributed by atoms with Crippen LogP contribution in [-0.4, -0.2) is 36.6 Å². The largest absolute Gasteiger partial charge is 0.398 e. The van der Waals surface area contributed by atoms with Crippen molar-refractivity contribution in [1.82, 2.24) is 4.90 Å². The third-order valence-corrected chi connectivity index (χ3v) is 2.74. The SMILES string of the molecule is N#CC1CN(C(=O)c2cc(F)ccc2N)CCO1. The number of ether oxygens (including phenoxy) is 1. The summed E-state index contributed by atoms with van der Waals surface area (Å²) in [5.74, 6) is -0.895. The average Bonchev–Trinajstić information content (AvgIpc) is 2.41. The second-order valence-electron chi connectivity index (χ2n) is 3.97. The second-order valence-corrected chi connectivity index (χ2v) is 3.97. The fourth-order valence-electron chi connectivity index (χ4n) is 1.80. The van der Waals surface area contributed by atoms with Crippen LogP contribution in [0.4, 0.5) is 10.1 Å². The molecule has 1 unspecified atom stereocenters. The molecule has 0 radical (unpaired) electrons. The summed E-state index contributed by atoms with van der Waals surface area (Å²) in [6.45, 7) is 0.831. The number of nitriles is 1. The number of morpholine rings is 1. The van der Waals surface area contributed by atoms with Crippen LogP contribution in [0.25, 0.3) is 0 Å². The molecule has 1 aromatic carbocycles. The van der Waals surface area contributed by atoms with Gasteiger partial charge in [-0.05, 0) is 18.2 Å². The number of hydrogen-bond donors (Lipinski definition) is 1. The molecule has 1 aromatic rings. The smallest absolute Gasteiger partial charge is 0.256 e. The molecule has 1 aliphatic rings. The molecule has 6 heteroatoms. The van der Waals surface area contributed by atoms with Gasteiger partial charge in [0.05, 0.1) is 24.8 Å². The zero-order valence-corrected chi connectivity index (χ0v) is 9.60. The highest BCUT2D eigenvalue weighted by Gasteiger charge is 2.26. The Morgan fingerprint density at radius 3 is 3.11 bits per heavy atom. The van der Waals surface area contributed by atoms with Gasteiger partial charge in [-0.1, -0.05) is 0 Å². The average molecular weight is 249 g/mol. The summed E-state index contributed by atoms with van der Waals surface area (Å²) in [5.41, 5.74) is 6.00. The van der Waals surface area contributed by atoms with Crippen LogP contribution in [0.2, 0.25) is 0 Å². The molecule has 0 bridgehead atoms. The lowest BCUT2D eigenvalue weighted by Gasteiger charge is -2.30. The predicted molar refractivity (Wildman–Crippen MR) is 62.1 cm³/mol. The summed E-state index contributed by atoms with van der Waals surface area (Å²) < 4.78 is 18.3. The van der Waals surface area contributed by atoms with Crippen molar-refractivity contribution in [2.75, 3.05) is 25.4 Å². The van der Waals surface area contributed by atoms with Crippen LogP contribution in [0, 0.1) is 17.1 Å². The van der Waals surface area contributed by atoms with Crippen molar-refractivity contribution in [2.24, 2.45) is 0 Å². The lowest BCUT2D eigenvalue weighted by atomic mass is 10.1. The lowest BCUT2D eigenvalue weighted by molar-refractivity contribution is 0.00350. The molecule has 94 valence electrons. The monoisotopic (exact) mass is 249 g/mol. The molecular weight excluding hydrogens is 237 g/mol. The topological polar surface area (TPSA) is 79.4 Å². The van der Waals surface area contributed by atoms with E-state index < -0.39 is 11.9 Å². The Balaban J connectivity index is 2.21. The van der Waals surface area contributed by atoms with Crippen LogP contribution >= 0.6 is 0 Å². The zero-order valence-electron chi connectivity index (χ0n) is 9.60. The standard InChI is InChI=1S/C12H12FN3O2/c13-8-1-2-11(15)10(5-8)12(17)16-3-4-18-9(6-14)7-16/h1-2,5,9H,3-4,7,15H2. The van der Waals surface area contributed by atoms with Crippen molar-refractivity contribution in [3.05, 3.63) is 29.6 Å². The molecule has 5 nitrogen and oxygen atoms in total. The van der Waals surface area contributed by atoms with E-state index in [1.165, 1.54) is 17.0 Å². The first kappa shape index (κ1) is 12.3. The van der Waals surface area contributed by atoms with Crippen LogP contribution in [0.1, 0.15) is 10.4 Å². The van der Waals surface area contributed by atoms with Crippen molar-refractivity contribution in [3.63, 3.8) is 0 Å². The minimum absolute atomic E-state index is 0.119. The van der Waals surface area contributed by atoms with Crippen LogP contribution in [0.15, 0.2) is 18.2 Å². The summed E-state index contributed by atoms with van der Waals surface area (Å²) in [7, 11) is 0. The van der Waals surface area contributed by atoms with Gasteiger partial charge in [0.25, 0.3) is 5.91 Å². The fraction of sp³-hybridized carbons (Fsp3) is 0.333. The molecule has 0 aromatic heterocycles. The molecule has 0 spiro atoms.